The number of aromatic nitrogens is 3. The van der Waals surface area contributed by atoms with E-state index in [1.54, 1.807) is 12.4 Å². The fraction of sp³-hybridized carbons (Fsp3) is 0.182. The lowest BCUT2D eigenvalue weighted by Crippen LogP contribution is -1.90. The number of hydrogen-bond acceptors (Lipinski definition) is 6. The van der Waals surface area contributed by atoms with E-state index in [1.165, 1.54) is 0 Å². The zero-order valence-electron chi connectivity index (χ0n) is 9.17. The minimum absolute atomic E-state index is 0.228. The molecule has 0 aliphatic heterocycles. The van der Waals surface area contributed by atoms with Crippen molar-refractivity contribution in [3.63, 3.8) is 0 Å². The van der Waals surface area contributed by atoms with Crippen LogP contribution in [0.3, 0.4) is 0 Å². The standard InChI is InChI=1S/C11H10N4O2/c1-2-6-7-3-4-13-5-8(7)16-10(6)9-11(12)15-17-14-9/h3-5H,2H2,1H3,(H2,12,15). The monoisotopic (exact) mass is 230 g/mol. The van der Waals surface area contributed by atoms with Crippen LogP contribution in [0, 0.1) is 0 Å². The van der Waals surface area contributed by atoms with Crippen molar-refractivity contribution in [3.8, 4) is 11.5 Å². The van der Waals surface area contributed by atoms with E-state index in [0.717, 1.165) is 17.4 Å². The van der Waals surface area contributed by atoms with Crippen molar-refractivity contribution in [2.75, 3.05) is 5.73 Å². The van der Waals surface area contributed by atoms with Crippen molar-refractivity contribution in [1.29, 1.82) is 0 Å². The first kappa shape index (κ1) is 9.83. The molecule has 6 nitrogen and oxygen atoms in total. The molecule has 2 N–H and O–H groups in total. The summed E-state index contributed by atoms with van der Waals surface area (Å²) in [6.07, 6.45) is 4.20. The Kier molecular flexibility index (Phi) is 2.07. The highest BCUT2D eigenvalue weighted by Gasteiger charge is 2.20. The van der Waals surface area contributed by atoms with Gasteiger partial charge in [0.15, 0.2) is 22.9 Å². The Labute approximate surface area is 96.4 Å². The number of nitrogen functional groups attached to an aromatic ring is 1. The Balaban J connectivity index is 2.33. The maximum absolute atomic E-state index is 5.71. The Bertz CT molecular complexity index is 671. The summed E-state index contributed by atoms with van der Waals surface area (Å²) in [6, 6.07) is 1.91. The van der Waals surface area contributed by atoms with Gasteiger partial charge in [-0.05, 0) is 22.8 Å². The van der Waals surface area contributed by atoms with Crippen LogP contribution in [-0.2, 0) is 6.42 Å². The lowest BCUT2D eigenvalue weighted by atomic mass is 10.1. The first-order valence-electron chi connectivity index (χ1n) is 5.25. The molecular formula is C11H10N4O2. The van der Waals surface area contributed by atoms with E-state index in [0.29, 0.717) is 17.0 Å². The van der Waals surface area contributed by atoms with Crippen LogP contribution < -0.4 is 5.73 Å². The zero-order valence-corrected chi connectivity index (χ0v) is 9.17. The summed E-state index contributed by atoms with van der Waals surface area (Å²) >= 11 is 0. The van der Waals surface area contributed by atoms with Gasteiger partial charge in [-0.15, -0.1) is 0 Å². The fourth-order valence-electron chi connectivity index (χ4n) is 1.90. The maximum atomic E-state index is 5.71. The molecule has 0 bridgehead atoms. The Morgan fingerprint density at radius 1 is 1.35 bits per heavy atom. The average molecular weight is 230 g/mol. The molecule has 0 saturated carbocycles. The first-order chi connectivity index (χ1) is 8.31. The minimum atomic E-state index is 0.228. The van der Waals surface area contributed by atoms with Crippen molar-refractivity contribution < 1.29 is 9.05 Å². The van der Waals surface area contributed by atoms with Gasteiger partial charge in [-0.3, -0.25) is 4.98 Å². The van der Waals surface area contributed by atoms with E-state index in [1.807, 2.05) is 13.0 Å². The van der Waals surface area contributed by atoms with Gasteiger partial charge in [0.25, 0.3) is 0 Å². The summed E-state index contributed by atoms with van der Waals surface area (Å²) in [5.74, 6) is 0.834. The number of aryl methyl sites for hydroxylation is 1. The van der Waals surface area contributed by atoms with Gasteiger partial charge in [0, 0.05) is 17.1 Å². The van der Waals surface area contributed by atoms with Crippen LogP contribution in [0.5, 0.6) is 0 Å². The van der Waals surface area contributed by atoms with Crippen molar-refractivity contribution in [1.82, 2.24) is 15.3 Å². The van der Waals surface area contributed by atoms with Gasteiger partial charge in [-0.2, -0.15) is 0 Å². The smallest absolute Gasteiger partial charge is 0.199 e. The summed E-state index contributed by atoms with van der Waals surface area (Å²) < 4.78 is 10.3. The van der Waals surface area contributed by atoms with Gasteiger partial charge < -0.3 is 10.2 Å². The van der Waals surface area contributed by atoms with Gasteiger partial charge in [0.1, 0.15) is 0 Å². The van der Waals surface area contributed by atoms with Crippen molar-refractivity contribution in [2.24, 2.45) is 0 Å². The van der Waals surface area contributed by atoms with E-state index in [4.69, 9.17) is 10.2 Å². The average Bonchev–Trinajstić information content (AvgIpc) is 2.91. The third-order valence-corrected chi connectivity index (χ3v) is 2.68. The van der Waals surface area contributed by atoms with E-state index in [2.05, 4.69) is 19.9 Å². The highest BCUT2D eigenvalue weighted by atomic mass is 16.6. The summed E-state index contributed by atoms with van der Waals surface area (Å²) in [7, 11) is 0. The number of nitrogens with two attached hydrogens (primary N) is 1. The molecule has 3 rings (SSSR count). The second kappa shape index (κ2) is 3.58. The highest BCUT2D eigenvalue weighted by Crippen LogP contribution is 2.34. The van der Waals surface area contributed by atoms with Crippen LogP contribution in [0.15, 0.2) is 27.5 Å². The van der Waals surface area contributed by atoms with E-state index in [9.17, 15) is 0 Å². The van der Waals surface area contributed by atoms with E-state index < -0.39 is 0 Å². The van der Waals surface area contributed by atoms with Gasteiger partial charge in [0.2, 0.25) is 0 Å². The molecule has 0 radical (unpaired) electrons. The quantitative estimate of drug-likeness (QED) is 0.724. The van der Waals surface area contributed by atoms with Crippen LogP contribution in [0.1, 0.15) is 12.5 Å². The Morgan fingerprint density at radius 2 is 2.24 bits per heavy atom. The van der Waals surface area contributed by atoms with Crippen LogP contribution in [0.25, 0.3) is 22.4 Å². The molecule has 0 saturated heterocycles. The molecule has 6 heteroatoms. The summed E-state index contributed by atoms with van der Waals surface area (Å²) in [5, 5.41) is 8.33. The number of fused-ring (bicyclic) bond motifs is 1. The molecule has 0 unspecified atom stereocenters. The summed E-state index contributed by atoms with van der Waals surface area (Å²) in [4.78, 5) is 4.02. The van der Waals surface area contributed by atoms with Gasteiger partial charge in [-0.1, -0.05) is 6.92 Å². The normalized spacial score (nSPS) is 11.1. The third kappa shape index (κ3) is 1.37. The lowest BCUT2D eigenvalue weighted by Gasteiger charge is -1.95. The Hall–Kier alpha value is -2.37. The van der Waals surface area contributed by atoms with Crippen molar-refractivity contribution in [3.05, 3.63) is 24.0 Å². The van der Waals surface area contributed by atoms with E-state index in [-0.39, 0.29) is 5.82 Å². The first-order valence-corrected chi connectivity index (χ1v) is 5.25. The van der Waals surface area contributed by atoms with Crippen molar-refractivity contribution in [2.45, 2.75) is 13.3 Å². The van der Waals surface area contributed by atoms with Crippen LogP contribution in [0.4, 0.5) is 5.82 Å². The van der Waals surface area contributed by atoms with Crippen LogP contribution in [-0.4, -0.2) is 15.3 Å². The fourth-order valence-corrected chi connectivity index (χ4v) is 1.90. The largest absolute Gasteiger partial charge is 0.452 e. The van der Waals surface area contributed by atoms with Gasteiger partial charge in [0.05, 0.1) is 6.20 Å². The molecular weight excluding hydrogens is 220 g/mol. The number of furan rings is 1. The van der Waals surface area contributed by atoms with E-state index >= 15 is 0 Å². The molecule has 0 aliphatic rings. The Morgan fingerprint density at radius 3 is 2.94 bits per heavy atom. The maximum Gasteiger partial charge on any atom is 0.199 e. The van der Waals surface area contributed by atoms with Crippen LogP contribution >= 0.6 is 0 Å². The van der Waals surface area contributed by atoms with Gasteiger partial charge >= 0.3 is 0 Å². The molecule has 17 heavy (non-hydrogen) atoms. The molecule has 3 aromatic heterocycles. The molecule has 0 spiro atoms. The van der Waals surface area contributed by atoms with Gasteiger partial charge in [-0.25, -0.2) is 4.63 Å². The predicted octanol–water partition coefficient (Wildman–Crippen LogP) is 2.02. The molecule has 0 amide bonds. The molecule has 3 heterocycles. The molecule has 86 valence electrons. The molecule has 3 aromatic rings. The molecule has 0 aliphatic carbocycles. The summed E-state index contributed by atoms with van der Waals surface area (Å²) in [5.41, 5.74) is 7.86. The van der Waals surface area contributed by atoms with Crippen molar-refractivity contribution >= 4 is 16.8 Å². The molecule has 0 fully saturated rings. The van der Waals surface area contributed by atoms with Crippen LogP contribution in [0.2, 0.25) is 0 Å². The predicted molar refractivity (Wildman–Crippen MR) is 61.1 cm³/mol. The number of nitrogens with zero attached hydrogens (tertiary/aromatic N) is 3. The number of rotatable bonds is 2. The second-order valence-electron chi connectivity index (χ2n) is 3.63. The number of pyridine rings is 1. The second-order valence-corrected chi connectivity index (χ2v) is 3.63. The molecule has 0 atom stereocenters. The third-order valence-electron chi connectivity index (χ3n) is 2.68. The lowest BCUT2D eigenvalue weighted by molar-refractivity contribution is 0.309. The highest BCUT2D eigenvalue weighted by molar-refractivity contribution is 5.88. The zero-order chi connectivity index (χ0) is 11.8. The topological polar surface area (TPSA) is 91.0 Å². The molecule has 0 aromatic carbocycles. The number of anilines is 1. The summed E-state index contributed by atoms with van der Waals surface area (Å²) in [6.45, 7) is 2.04. The number of hydrogen-bond donors (Lipinski definition) is 1. The SMILES string of the molecule is CCc1c(-c2nonc2N)oc2cnccc12. The minimum Gasteiger partial charge on any atom is -0.452 e.